The monoisotopic (exact) mass is 561 g/mol. The van der Waals surface area contributed by atoms with Crippen molar-refractivity contribution < 1.29 is 31.5 Å². The summed E-state index contributed by atoms with van der Waals surface area (Å²) in [4.78, 5) is 19.6. The first-order valence-corrected chi connectivity index (χ1v) is 13.6. The molecule has 3 aromatic rings. The summed E-state index contributed by atoms with van der Waals surface area (Å²) in [6.07, 6.45) is -1.40. The second-order valence-corrected chi connectivity index (χ2v) is 11.9. The van der Waals surface area contributed by atoms with Gasteiger partial charge in [-0.15, -0.1) is 0 Å². The molecule has 1 aliphatic carbocycles. The van der Waals surface area contributed by atoms with E-state index >= 15 is 0 Å². The van der Waals surface area contributed by atoms with E-state index in [0.29, 0.717) is 31.5 Å². The fourth-order valence-corrected chi connectivity index (χ4v) is 6.93. The Morgan fingerprint density at radius 2 is 1.82 bits per heavy atom. The van der Waals surface area contributed by atoms with Crippen LogP contribution in [0, 0.1) is 18.3 Å². The van der Waals surface area contributed by atoms with Gasteiger partial charge in [0.1, 0.15) is 5.75 Å². The molecule has 1 amide bonds. The summed E-state index contributed by atoms with van der Waals surface area (Å²) in [5.74, 6) is -3.77. The number of nitrogens with zero attached hydrogens (tertiary/aromatic N) is 2. The van der Waals surface area contributed by atoms with Crippen LogP contribution in [-0.4, -0.2) is 59.5 Å². The Morgan fingerprint density at radius 3 is 2.45 bits per heavy atom. The highest BCUT2D eigenvalue weighted by Crippen LogP contribution is 2.60. The number of amides is 1. The topological polar surface area (TPSA) is 48.6 Å². The normalized spacial score (nSPS) is 22.8. The lowest BCUT2D eigenvalue weighted by Gasteiger charge is -2.54. The van der Waals surface area contributed by atoms with Gasteiger partial charge in [0.2, 0.25) is 5.92 Å². The molecule has 3 heterocycles. The Bertz CT molecular complexity index is 1420. The van der Waals surface area contributed by atoms with Crippen molar-refractivity contribution in [3.8, 4) is 5.75 Å². The third kappa shape index (κ3) is 4.74. The molecule has 0 radical (unpaired) electrons. The summed E-state index contributed by atoms with van der Waals surface area (Å²) in [7, 11) is 1.64. The van der Waals surface area contributed by atoms with Crippen LogP contribution in [0.3, 0.4) is 0 Å². The molecule has 3 aliphatic rings. The van der Waals surface area contributed by atoms with Gasteiger partial charge in [0.05, 0.1) is 13.0 Å². The molecule has 6 rings (SSSR count). The Balaban J connectivity index is 1.26. The zero-order valence-corrected chi connectivity index (χ0v) is 22.5. The summed E-state index contributed by atoms with van der Waals surface area (Å²) >= 11 is 0. The first-order valence-electron chi connectivity index (χ1n) is 13.6. The van der Waals surface area contributed by atoms with Crippen LogP contribution in [0.1, 0.15) is 58.8 Å². The fourth-order valence-electron chi connectivity index (χ4n) is 6.93. The number of alkyl halides is 5. The zero-order chi connectivity index (χ0) is 28.4. The van der Waals surface area contributed by atoms with Gasteiger partial charge in [0, 0.05) is 66.7 Å². The van der Waals surface area contributed by atoms with Crippen molar-refractivity contribution >= 4 is 16.8 Å². The van der Waals surface area contributed by atoms with Crippen LogP contribution in [0.4, 0.5) is 22.0 Å². The minimum absolute atomic E-state index is 0.119. The number of H-pyrrole nitrogens is 1. The highest BCUT2D eigenvalue weighted by atomic mass is 19.4. The van der Waals surface area contributed by atoms with Gasteiger partial charge in [-0.1, -0.05) is 12.1 Å². The molecular formula is C30H32F5N3O2. The van der Waals surface area contributed by atoms with Crippen molar-refractivity contribution in [3.05, 3.63) is 64.8 Å². The van der Waals surface area contributed by atoms with E-state index in [-0.39, 0.29) is 32.0 Å². The SMILES string of the molecule is COc1cc(C)c2[nH]ccc2c1CN1CCC2(C[C@H]1c1ccc(C(=O)N3CC(C(F)(F)F)C3)cc1)CC(F)(F)C2. The third-order valence-electron chi connectivity index (χ3n) is 9.13. The molecule has 40 heavy (non-hydrogen) atoms. The Kier molecular flexibility index (Phi) is 6.40. The molecule has 2 saturated heterocycles. The quantitative estimate of drug-likeness (QED) is 0.346. The van der Waals surface area contributed by atoms with Crippen molar-refractivity contribution in [2.45, 2.75) is 57.3 Å². The Morgan fingerprint density at radius 1 is 1.12 bits per heavy atom. The van der Waals surface area contributed by atoms with E-state index in [4.69, 9.17) is 4.74 Å². The lowest BCUT2D eigenvalue weighted by Crippen LogP contribution is -2.55. The number of rotatable bonds is 5. The zero-order valence-electron chi connectivity index (χ0n) is 22.5. The lowest BCUT2D eigenvalue weighted by atomic mass is 9.59. The number of ether oxygens (including phenoxy) is 1. The number of carbonyl (C=O) groups excluding carboxylic acids is 1. The van der Waals surface area contributed by atoms with Gasteiger partial charge in [-0.05, 0) is 67.1 Å². The fraction of sp³-hybridized carbons (Fsp3) is 0.500. The van der Waals surface area contributed by atoms with Gasteiger partial charge in [-0.25, -0.2) is 8.78 Å². The van der Waals surface area contributed by atoms with Gasteiger partial charge < -0.3 is 14.6 Å². The van der Waals surface area contributed by atoms with E-state index in [2.05, 4.69) is 9.88 Å². The number of carbonyl (C=O) groups is 1. The van der Waals surface area contributed by atoms with Crippen molar-refractivity contribution in [2.75, 3.05) is 26.7 Å². The largest absolute Gasteiger partial charge is 0.496 e. The highest BCUT2D eigenvalue weighted by molar-refractivity contribution is 5.94. The number of aromatic amines is 1. The number of benzene rings is 2. The predicted octanol–water partition coefficient (Wildman–Crippen LogP) is 6.87. The van der Waals surface area contributed by atoms with Gasteiger partial charge in [-0.3, -0.25) is 9.69 Å². The number of piperidine rings is 1. The molecule has 0 unspecified atom stereocenters. The van der Waals surface area contributed by atoms with Crippen molar-refractivity contribution in [2.24, 2.45) is 11.3 Å². The molecule has 0 bridgehead atoms. The van der Waals surface area contributed by atoms with Crippen LogP contribution in [-0.2, 0) is 6.54 Å². The first kappa shape index (κ1) is 27.1. The van der Waals surface area contributed by atoms with Gasteiger partial charge in [-0.2, -0.15) is 13.2 Å². The van der Waals surface area contributed by atoms with E-state index in [1.807, 2.05) is 37.4 Å². The number of halogens is 5. The molecule has 1 spiro atoms. The van der Waals surface area contributed by atoms with Crippen molar-refractivity contribution in [1.29, 1.82) is 0 Å². The van der Waals surface area contributed by atoms with Gasteiger partial charge in [0.15, 0.2) is 0 Å². The van der Waals surface area contributed by atoms with E-state index in [1.54, 1.807) is 19.2 Å². The van der Waals surface area contributed by atoms with E-state index in [1.165, 1.54) is 4.90 Å². The molecule has 1 N–H and O–H groups in total. The molecule has 3 fully saturated rings. The Labute approximate surface area is 229 Å². The van der Waals surface area contributed by atoms with Crippen molar-refractivity contribution in [1.82, 2.24) is 14.8 Å². The smallest absolute Gasteiger partial charge is 0.395 e. The van der Waals surface area contributed by atoms with Crippen LogP contribution in [0.15, 0.2) is 42.6 Å². The maximum Gasteiger partial charge on any atom is 0.395 e. The standard InChI is InChI=1S/C30H32F5N3O2/c1-18-11-25(40-2)23(22-7-9-36-26(18)22)15-37-10-8-28(16-29(31,32)17-28)12-24(37)19-3-5-20(6-4-19)27(39)38-13-21(14-38)30(33,34)35/h3-7,9,11,21,24,36H,8,10,12-17H2,1-2H3/t24-/m0/s1. The molecular weight excluding hydrogens is 529 g/mol. The number of methoxy groups -OCH3 is 1. The first-order chi connectivity index (χ1) is 18.9. The summed E-state index contributed by atoms with van der Waals surface area (Å²) in [6.45, 7) is 2.55. The second kappa shape index (κ2) is 9.46. The average molecular weight is 562 g/mol. The number of hydrogen-bond donors (Lipinski definition) is 1. The minimum Gasteiger partial charge on any atom is -0.496 e. The second-order valence-electron chi connectivity index (χ2n) is 11.9. The molecule has 10 heteroatoms. The Hall–Kier alpha value is -3.14. The van der Waals surface area contributed by atoms with Crippen LogP contribution >= 0.6 is 0 Å². The lowest BCUT2D eigenvalue weighted by molar-refractivity contribution is -0.202. The maximum atomic E-state index is 14.0. The van der Waals surface area contributed by atoms with E-state index < -0.39 is 29.3 Å². The third-order valence-corrected chi connectivity index (χ3v) is 9.13. The number of aromatic nitrogens is 1. The molecule has 1 aromatic heterocycles. The minimum atomic E-state index is -4.30. The van der Waals surface area contributed by atoms with E-state index in [9.17, 15) is 26.7 Å². The summed E-state index contributed by atoms with van der Waals surface area (Å²) < 4.78 is 72.4. The predicted molar refractivity (Wildman–Crippen MR) is 140 cm³/mol. The molecule has 1 atom stereocenters. The van der Waals surface area contributed by atoms with Crippen LogP contribution in [0.2, 0.25) is 0 Å². The number of likely N-dealkylation sites (tertiary alicyclic amines) is 2. The van der Waals surface area contributed by atoms with Gasteiger partial charge in [0.25, 0.3) is 5.91 Å². The highest BCUT2D eigenvalue weighted by Gasteiger charge is 2.58. The number of fused-ring (bicyclic) bond motifs is 1. The van der Waals surface area contributed by atoms with Crippen LogP contribution in [0.5, 0.6) is 5.75 Å². The number of aryl methyl sites for hydroxylation is 1. The number of hydrogen-bond acceptors (Lipinski definition) is 3. The molecule has 214 valence electrons. The van der Waals surface area contributed by atoms with Gasteiger partial charge >= 0.3 is 6.18 Å². The number of nitrogens with one attached hydrogen (secondary N) is 1. The summed E-state index contributed by atoms with van der Waals surface area (Å²) in [5, 5.41) is 1.05. The summed E-state index contributed by atoms with van der Waals surface area (Å²) in [6, 6.07) is 10.8. The molecule has 1 saturated carbocycles. The molecule has 5 nitrogen and oxygen atoms in total. The maximum absolute atomic E-state index is 14.0. The summed E-state index contributed by atoms with van der Waals surface area (Å²) in [5.41, 5.74) is 3.92. The van der Waals surface area contributed by atoms with E-state index in [0.717, 1.165) is 33.3 Å². The van der Waals surface area contributed by atoms with Crippen molar-refractivity contribution in [3.63, 3.8) is 0 Å². The molecule has 2 aromatic carbocycles. The van der Waals surface area contributed by atoms with Crippen LogP contribution < -0.4 is 4.74 Å². The average Bonchev–Trinajstić information content (AvgIpc) is 3.34. The van der Waals surface area contributed by atoms with Crippen LogP contribution in [0.25, 0.3) is 10.9 Å². The molecule has 2 aliphatic heterocycles.